The molecule has 0 bridgehead atoms. The molecule has 0 aromatic heterocycles. The molecule has 4 rings (SSSR count). The molecule has 0 unspecified atom stereocenters. The average molecular weight is 473 g/mol. The van der Waals surface area contributed by atoms with Crippen LogP contribution in [0.1, 0.15) is 31.2 Å². The fourth-order valence-electron chi connectivity index (χ4n) is 3.64. The number of methoxy groups -OCH3 is 1. The first kappa shape index (κ1) is 20.0. The molecule has 1 N–H and O–H groups in total. The van der Waals surface area contributed by atoms with Crippen molar-refractivity contribution in [3.05, 3.63) is 57.4 Å². The number of hydrogen-bond donors (Lipinski definition) is 1. The third-order valence-corrected chi connectivity index (χ3v) is 6.76. The minimum absolute atomic E-state index is 0.0180. The quantitative estimate of drug-likeness (QED) is 0.578. The van der Waals surface area contributed by atoms with E-state index in [1.807, 2.05) is 41.3 Å². The highest BCUT2D eigenvalue weighted by molar-refractivity contribution is 9.10. The van der Waals surface area contributed by atoms with Crippen molar-refractivity contribution in [2.45, 2.75) is 31.7 Å². The molecule has 1 saturated carbocycles. The van der Waals surface area contributed by atoms with Gasteiger partial charge in [-0.2, -0.15) is 0 Å². The van der Waals surface area contributed by atoms with Crippen LogP contribution in [0, 0.1) is 0 Å². The molecule has 1 amide bonds. The summed E-state index contributed by atoms with van der Waals surface area (Å²) in [6.07, 6.45) is 6.11. The summed E-state index contributed by atoms with van der Waals surface area (Å²) in [5.74, 6) is 0.391. The highest BCUT2D eigenvalue weighted by atomic mass is 79.9. The maximum atomic E-state index is 13.3. The lowest BCUT2D eigenvalue weighted by Crippen LogP contribution is -2.37. The van der Waals surface area contributed by atoms with Gasteiger partial charge in [0.25, 0.3) is 5.91 Å². The zero-order valence-electron chi connectivity index (χ0n) is 16.0. The molecule has 150 valence electrons. The molecule has 1 aliphatic carbocycles. The Hall–Kier alpha value is -2.25. The first-order valence-electron chi connectivity index (χ1n) is 9.50. The van der Waals surface area contributed by atoms with Gasteiger partial charge in [-0.25, -0.2) is 4.99 Å². The van der Waals surface area contributed by atoms with Gasteiger partial charge in [-0.15, -0.1) is 0 Å². The second-order valence-electron chi connectivity index (χ2n) is 7.00. The minimum Gasteiger partial charge on any atom is -0.504 e. The molecule has 1 aliphatic heterocycles. The Labute approximate surface area is 182 Å². The highest BCUT2D eigenvalue weighted by Gasteiger charge is 2.39. The van der Waals surface area contributed by atoms with Gasteiger partial charge in [0.2, 0.25) is 0 Å². The second-order valence-corrected chi connectivity index (χ2v) is 8.86. The van der Waals surface area contributed by atoms with Crippen LogP contribution in [0.2, 0.25) is 0 Å². The van der Waals surface area contributed by atoms with Crippen LogP contribution in [-0.2, 0) is 4.79 Å². The van der Waals surface area contributed by atoms with E-state index < -0.39 is 0 Å². The third kappa shape index (κ3) is 4.21. The van der Waals surface area contributed by atoms with Crippen molar-refractivity contribution >= 4 is 50.5 Å². The summed E-state index contributed by atoms with van der Waals surface area (Å²) < 4.78 is 5.90. The van der Waals surface area contributed by atoms with E-state index in [9.17, 15) is 9.90 Å². The van der Waals surface area contributed by atoms with Crippen LogP contribution in [0.25, 0.3) is 6.08 Å². The lowest BCUT2D eigenvalue weighted by atomic mass is 10.1. The Kier molecular flexibility index (Phi) is 5.96. The van der Waals surface area contributed by atoms with Gasteiger partial charge >= 0.3 is 0 Å². The number of ether oxygens (including phenoxy) is 1. The van der Waals surface area contributed by atoms with E-state index in [4.69, 9.17) is 9.73 Å². The second kappa shape index (κ2) is 8.63. The van der Waals surface area contributed by atoms with Crippen LogP contribution in [0.5, 0.6) is 11.5 Å². The van der Waals surface area contributed by atoms with Crippen molar-refractivity contribution in [3.8, 4) is 11.5 Å². The number of rotatable bonds is 4. The van der Waals surface area contributed by atoms with Crippen LogP contribution in [0.3, 0.4) is 0 Å². The van der Waals surface area contributed by atoms with Crippen molar-refractivity contribution in [2.24, 2.45) is 4.99 Å². The zero-order valence-corrected chi connectivity index (χ0v) is 18.4. The van der Waals surface area contributed by atoms with Crippen LogP contribution in [-0.4, -0.2) is 34.2 Å². The van der Waals surface area contributed by atoms with Gasteiger partial charge in [-0.05, 0) is 60.5 Å². The van der Waals surface area contributed by atoms with Crippen molar-refractivity contribution in [2.75, 3.05) is 7.11 Å². The largest absolute Gasteiger partial charge is 0.504 e. The fourth-order valence-corrected chi connectivity index (χ4v) is 5.13. The van der Waals surface area contributed by atoms with Crippen LogP contribution in [0.4, 0.5) is 5.69 Å². The first-order chi connectivity index (χ1) is 14.1. The number of aliphatic imine (C=N–C) groups is 1. The standard InChI is InChI=1S/C22H21BrN2O3S/c1-28-19-11-14(17(23)13-18(19)26)12-20-21(27)25(16-9-5-6-10-16)22(29-20)24-15-7-3-2-4-8-15/h2-4,7-8,11-13,16,26H,5-6,9-10H2,1H3. The summed E-state index contributed by atoms with van der Waals surface area (Å²) in [5, 5.41) is 10.7. The van der Waals surface area contributed by atoms with Crippen molar-refractivity contribution in [3.63, 3.8) is 0 Å². The van der Waals surface area contributed by atoms with Gasteiger partial charge in [0.15, 0.2) is 16.7 Å². The predicted octanol–water partition coefficient (Wildman–Crippen LogP) is 5.71. The number of aromatic hydroxyl groups is 1. The third-order valence-electron chi connectivity index (χ3n) is 5.09. The van der Waals surface area contributed by atoms with Crippen molar-refractivity contribution < 1.29 is 14.6 Å². The number of carbonyl (C=O) groups is 1. The van der Waals surface area contributed by atoms with E-state index in [-0.39, 0.29) is 17.7 Å². The molecule has 5 nitrogen and oxygen atoms in total. The lowest BCUT2D eigenvalue weighted by Gasteiger charge is -2.22. The number of amidine groups is 1. The van der Waals surface area contributed by atoms with E-state index in [0.717, 1.165) is 42.1 Å². The van der Waals surface area contributed by atoms with Crippen LogP contribution in [0.15, 0.2) is 56.8 Å². The number of phenols is 1. The van der Waals surface area contributed by atoms with Gasteiger partial charge in [0, 0.05) is 10.5 Å². The molecule has 29 heavy (non-hydrogen) atoms. The van der Waals surface area contributed by atoms with E-state index in [2.05, 4.69) is 15.9 Å². The predicted molar refractivity (Wildman–Crippen MR) is 121 cm³/mol. The Balaban J connectivity index is 1.73. The van der Waals surface area contributed by atoms with E-state index in [1.165, 1.54) is 18.9 Å². The Morgan fingerprint density at radius 1 is 1.24 bits per heavy atom. The number of carbonyl (C=O) groups excluding carboxylic acids is 1. The van der Waals surface area contributed by atoms with E-state index in [0.29, 0.717) is 15.1 Å². The summed E-state index contributed by atoms with van der Waals surface area (Å²) in [4.78, 5) is 20.5. The molecular weight excluding hydrogens is 452 g/mol. The molecule has 0 atom stereocenters. The molecule has 0 radical (unpaired) electrons. The van der Waals surface area contributed by atoms with Gasteiger partial charge in [0.1, 0.15) is 0 Å². The Bertz CT molecular complexity index is 985. The molecule has 1 heterocycles. The number of thioether (sulfide) groups is 1. The van der Waals surface area contributed by atoms with Crippen LogP contribution >= 0.6 is 27.7 Å². The van der Waals surface area contributed by atoms with Gasteiger partial charge < -0.3 is 9.84 Å². The lowest BCUT2D eigenvalue weighted by molar-refractivity contribution is -0.123. The summed E-state index contributed by atoms with van der Waals surface area (Å²) in [7, 11) is 1.50. The number of hydrogen-bond acceptors (Lipinski definition) is 5. The molecule has 7 heteroatoms. The smallest absolute Gasteiger partial charge is 0.267 e. The molecule has 2 aromatic carbocycles. The average Bonchev–Trinajstić information content (AvgIpc) is 3.33. The first-order valence-corrected chi connectivity index (χ1v) is 11.1. The highest BCUT2D eigenvalue weighted by Crippen LogP contribution is 2.41. The maximum absolute atomic E-state index is 13.3. The molecule has 2 fully saturated rings. The molecule has 1 saturated heterocycles. The SMILES string of the molecule is COc1cc(C=C2SC(=Nc3ccccc3)N(C3CCCC3)C2=O)c(Br)cc1O. The molecule has 0 spiro atoms. The molecule has 2 aliphatic rings. The summed E-state index contributed by atoms with van der Waals surface area (Å²) in [6, 6.07) is 13.2. The topological polar surface area (TPSA) is 62.1 Å². The summed E-state index contributed by atoms with van der Waals surface area (Å²) >= 11 is 4.86. The summed E-state index contributed by atoms with van der Waals surface area (Å²) in [5.41, 5.74) is 1.60. The number of amides is 1. The number of nitrogens with zero attached hydrogens (tertiary/aromatic N) is 2. The number of halogens is 1. The van der Waals surface area contributed by atoms with Crippen LogP contribution < -0.4 is 4.74 Å². The van der Waals surface area contributed by atoms with E-state index >= 15 is 0 Å². The van der Waals surface area contributed by atoms with Gasteiger partial charge in [0.05, 0.1) is 17.7 Å². The molecule has 2 aromatic rings. The van der Waals surface area contributed by atoms with Crippen molar-refractivity contribution in [1.29, 1.82) is 0 Å². The number of benzene rings is 2. The zero-order chi connectivity index (χ0) is 20.4. The Morgan fingerprint density at radius 3 is 2.66 bits per heavy atom. The van der Waals surface area contributed by atoms with Gasteiger partial charge in [-0.1, -0.05) is 47.0 Å². The van der Waals surface area contributed by atoms with Gasteiger partial charge in [-0.3, -0.25) is 9.69 Å². The van der Waals surface area contributed by atoms with E-state index in [1.54, 1.807) is 12.1 Å². The number of phenolic OH excluding ortho intramolecular Hbond substituents is 1. The van der Waals surface area contributed by atoms with Crippen molar-refractivity contribution in [1.82, 2.24) is 4.90 Å². The number of para-hydroxylation sites is 1. The normalized spacial score (nSPS) is 20.2. The minimum atomic E-state index is -0.0180. The summed E-state index contributed by atoms with van der Waals surface area (Å²) in [6.45, 7) is 0. The monoisotopic (exact) mass is 472 g/mol. The molecular formula is C22H21BrN2O3S. The maximum Gasteiger partial charge on any atom is 0.267 e. The Morgan fingerprint density at radius 2 is 1.97 bits per heavy atom. The fraction of sp³-hybridized carbons (Fsp3) is 0.273.